The van der Waals surface area contributed by atoms with E-state index in [2.05, 4.69) is 13.8 Å². The Morgan fingerprint density at radius 1 is 0.587 bits per heavy atom. The van der Waals surface area contributed by atoms with Crippen molar-refractivity contribution in [3.63, 3.8) is 0 Å². The molecule has 0 aliphatic carbocycles. The number of rotatable bonds is 32. The van der Waals surface area contributed by atoms with E-state index in [9.17, 15) is 24.6 Å². The Morgan fingerprint density at radius 2 is 0.935 bits per heavy atom. The minimum atomic E-state index is -1.40. The zero-order valence-electron chi connectivity index (χ0n) is 29.5. The van der Waals surface area contributed by atoms with Crippen LogP contribution >= 0.6 is 0 Å². The van der Waals surface area contributed by atoms with Crippen LogP contribution in [0.25, 0.3) is 0 Å². The van der Waals surface area contributed by atoms with E-state index in [-0.39, 0.29) is 19.4 Å². The van der Waals surface area contributed by atoms with Crippen LogP contribution < -0.4 is 0 Å². The zero-order valence-corrected chi connectivity index (χ0v) is 29.5. The van der Waals surface area contributed by atoms with Crippen molar-refractivity contribution in [3.05, 3.63) is 11.5 Å². The highest BCUT2D eigenvalue weighted by atomic mass is 16.6. The summed E-state index contributed by atoms with van der Waals surface area (Å²) in [6.07, 6.45) is 29.1. The number of aliphatic hydroxyl groups excluding tert-OH is 2. The smallest absolute Gasteiger partial charge is 0.378 e. The van der Waals surface area contributed by atoms with Crippen LogP contribution in [-0.4, -0.2) is 46.9 Å². The van der Waals surface area contributed by atoms with Crippen molar-refractivity contribution in [1.29, 1.82) is 0 Å². The van der Waals surface area contributed by atoms with Crippen molar-refractivity contribution in [1.82, 2.24) is 0 Å². The highest BCUT2D eigenvalue weighted by Crippen LogP contribution is 2.24. The van der Waals surface area contributed by atoms with Crippen LogP contribution in [-0.2, 0) is 28.6 Å². The van der Waals surface area contributed by atoms with E-state index in [1.165, 1.54) is 122 Å². The molecule has 1 aliphatic heterocycles. The monoisotopic (exact) mass is 652 g/mol. The molecule has 268 valence electrons. The molecule has 0 aromatic heterocycles. The molecule has 2 N–H and O–H groups in total. The molecule has 0 aromatic carbocycles. The second-order valence-corrected chi connectivity index (χ2v) is 13.3. The molecule has 2 atom stereocenters. The molecule has 0 bridgehead atoms. The van der Waals surface area contributed by atoms with Crippen molar-refractivity contribution in [3.8, 4) is 0 Å². The van der Waals surface area contributed by atoms with Gasteiger partial charge >= 0.3 is 17.9 Å². The first-order chi connectivity index (χ1) is 22.4. The first kappa shape index (κ1) is 41.8. The van der Waals surface area contributed by atoms with E-state index in [1.54, 1.807) is 0 Å². The predicted molar refractivity (Wildman–Crippen MR) is 184 cm³/mol. The van der Waals surface area contributed by atoms with Crippen LogP contribution in [0.5, 0.6) is 0 Å². The Hall–Kier alpha value is -2.25. The van der Waals surface area contributed by atoms with Crippen molar-refractivity contribution < 1.29 is 38.8 Å². The third kappa shape index (κ3) is 21.5. The zero-order chi connectivity index (χ0) is 33.7. The molecular formula is C38H68O8. The van der Waals surface area contributed by atoms with Gasteiger partial charge in [-0.3, -0.25) is 9.59 Å². The minimum absolute atomic E-state index is 0.179. The number of cyclic esters (lactones) is 1. The number of carbonyl (C=O) groups is 3. The molecule has 1 heterocycles. The fourth-order valence-corrected chi connectivity index (χ4v) is 5.95. The van der Waals surface area contributed by atoms with Gasteiger partial charge in [-0.2, -0.15) is 0 Å². The summed E-state index contributed by atoms with van der Waals surface area (Å²) >= 11 is 0. The second-order valence-electron chi connectivity index (χ2n) is 13.3. The van der Waals surface area contributed by atoms with Gasteiger partial charge in [-0.1, -0.05) is 168 Å². The van der Waals surface area contributed by atoms with E-state index >= 15 is 0 Å². The molecule has 8 nitrogen and oxygen atoms in total. The summed E-state index contributed by atoms with van der Waals surface area (Å²) in [5.41, 5.74) is 0. The van der Waals surface area contributed by atoms with Gasteiger partial charge < -0.3 is 24.4 Å². The van der Waals surface area contributed by atoms with E-state index < -0.39 is 41.6 Å². The molecule has 8 heteroatoms. The Labute approximate surface area is 280 Å². The van der Waals surface area contributed by atoms with Crippen LogP contribution in [0.2, 0.25) is 0 Å². The lowest BCUT2D eigenvalue weighted by atomic mass is 10.0. The molecule has 0 fully saturated rings. The van der Waals surface area contributed by atoms with Crippen molar-refractivity contribution in [2.24, 2.45) is 0 Å². The predicted octanol–water partition coefficient (Wildman–Crippen LogP) is 10.7. The maximum atomic E-state index is 12.6. The van der Waals surface area contributed by atoms with E-state index in [0.29, 0.717) is 12.8 Å². The van der Waals surface area contributed by atoms with Crippen molar-refractivity contribution in [2.45, 2.75) is 206 Å². The highest BCUT2D eigenvalue weighted by molar-refractivity contribution is 5.89. The number of hydrogen-bond acceptors (Lipinski definition) is 8. The lowest BCUT2D eigenvalue weighted by Crippen LogP contribution is -2.38. The largest absolute Gasteiger partial charge is 0.505 e. The molecular weight excluding hydrogens is 584 g/mol. The Kier molecular flexibility index (Phi) is 26.3. The lowest BCUT2D eigenvalue weighted by Gasteiger charge is -2.22. The molecule has 2 unspecified atom stereocenters. The number of esters is 3. The SMILES string of the molecule is CCCCCCCCCCCCCCCC(=O)OCC(OC(=O)CCCCCCCCCCCCCCC)C1OC(=O)C(O)=C1O. The molecule has 0 amide bonds. The number of unbranched alkanes of at least 4 members (excludes halogenated alkanes) is 24. The molecule has 46 heavy (non-hydrogen) atoms. The van der Waals surface area contributed by atoms with Crippen LogP contribution in [0.3, 0.4) is 0 Å². The molecule has 0 aromatic rings. The standard InChI is InChI=1S/C38H68O8/c1-3-5-7-9-11-13-15-17-19-21-23-25-27-29-33(39)44-31-32(37-35(41)36(42)38(43)46-37)45-34(40)30-28-26-24-22-20-18-16-14-12-10-8-6-4-2/h32,37,41-42H,3-31H2,1-2H3. The summed E-state index contributed by atoms with van der Waals surface area (Å²) in [5, 5.41) is 19.9. The summed E-state index contributed by atoms with van der Waals surface area (Å²) in [7, 11) is 0. The molecule has 0 saturated heterocycles. The summed E-state index contributed by atoms with van der Waals surface area (Å²) in [6, 6.07) is 0. The summed E-state index contributed by atoms with van der Waals surface area (Å²) in [5.74, 6) is -3.68. The molecule has 1 rings (SSSR count). The van der Waals surface area contributed by atoms with Gasteiger partial charge in [0.25, 0.3) is 0 Å². The lowest BCUT2D eigenvalue weighted by molar-refractivity contribution is -0.171. The summed E-state index contributed by atoms with van der Waals surface area (Å²) in [4.78, 5) is 36.7. The van der Waals surface area contributed by atoms with Gasteiger partial charge in [-0.25, -0.2) is 4.79 Å². The number of hydrogen-bond donors (Lipinski definition) is 2. The van der Waals surface area contributed by atoms with Gasteiger partial charge in [0.15, 0.2) is 11.9 Å². The third-order valence-corrected chi connectivity index (χ3v) is 8.94. The maximum absolute atomic E-state index is 12.6. The first-order valence-electron chi connectivity index (χ1n) is 19.1. The van der Waals surface area contributed by atoms with Crippen LogP contribution in [0.4, 0.5) is 0 Å². The Morgan fingerprint density at radius 3 is 1.28 bits per heavy atom. The second kappa shape index (κ2) is 28.9. The topological polar surface area (TPSA) is 119 Å². The number of carbonyl (C=O) groups excluding carboxylic acids is 3. The Balaban J connectivity index is 2.22. The fourth-order valence-electron chi connectivity index (χ4n) is 5.95. The summed E-state index contributed by atoms with van der Waals surface area (Å²) < 4.78 is 15.8. The van der Waals surface area contributed by atoms with Crippen LogP contribution in [0, 0.1) is 0 Å². The van der Waals surface area contributed by atoms with Gasteiger partial charge in [0.1, 0.15) is 6.61 Å². The van der Waals surface area contributed by atoms with Crippen LogP contribution in [0.1, 0.15) is 194 Å². The van der Waals surface area contributed by atoms with E-state index in [1.807, 2.05) is 0 Å². The van der Waals surface area contributed by atoms with Gasteiger partial charge in [-0.15, -0.1) is 0 Å². The van der Waals surface area contributed by atoms with Crippen molar-refractivity contribution >= 4 is 17.9 Å². The maximum Gasteiger partial charge on any atom is 0.378 e. The quantitative estimate of drug-likeness (QED) is 0.0418. The van der Waals surface area contributed by atoms with Crippen LogP contribution in [0.15, 0.2) is 11.5 Å². The third-order valence-electron chi connectivity index (χ3n) is 8.94. The van der Waals surface area contributed by atoms with Gasteiger partial charge in [0.05, 0.1) is 0 Å². The minimum Gasteiger partial charge on any atom is -0.505 e. The van der Waals surface area contributed by atoms with Crippen molar-refractivity contribution in [2.75, 3.05) is 6.61 Å². The van der Waals surface area contributed by atoms with Gasteiger partial charge in [-0.05, 0) is 12.8 Å². The number of ether oxygens (including phenoxy) is 3. The fraction of sp³-hybridized carbons (Fsp3) is 0.868. The van der Waals surface area contributed by atoms with Gasteiger partial charge in [0.2, 0.25) is 11.9 Å². The summed E-state index contributed by atoms with van der Waals surface area (Å²) in [6.45, 7) is 4.12. The molecule has 1 aliphatic rings. The average molecular weight is 653 g/mol. The Bertz CT molecular complexity index is 824. The molecule has 0 saturated carbocycles. The molecule has 0 radical (unpaired) electrons. The van der Waals surface area contributed by atoms with E-state index in [0.717, 1.165) is 32.1 Å². The van der Waals surface area contributed by atoms with E-state index in [4.69, 9.17) is 14.2 Å². The molecule has 0 spiro atoms. The average Bonchev–Trinajstić information content (AvgIpc) is 3.30. The number of aliphatic hydroxyl groups is 2. The highest BCUT2D eigenvalue weighted by Gasteiger charge is 2.42. The normalized spacial score (nSPS) is 15.3. The first-order valence-corrected chi connectivity index (χ1v) is 19.1. The van der Waals surface area contributed by atoms with Gasteiger partial charge in [0, 0.05) is 12.8 Å².